The predicted molar refractivity (Wildman–Crippen MR) is 94.8 cm³/mol. The predicted octanol–water partition coefficient (Wildman–Crippen LogP) is 3.39. The number of carbonyl (C=O) groups is 2. The minimum absolute atomic E-state index is 0.0722. The number of anilines is 1. The number of benzene rings is 2. The van der Waals surface area contributed by atoms with Gasteiger partial charge in [-0.15, -0.1) is 0 Å². The van der Waals surface area contributed by atoms with Crippen molar-refractivity contribution in [3.8, 4) is 0 Å². The van der Waals surface area contributed by atoms with Crippen molar-refractivity contribution in [3.63, 3.8) is 0 Å². The van der Waals surface area contributed by atoms with Gasteiger partial charge < -0.3 is 5.11 Å². The molecule has 1 aliphatic rings. The van der Waals surface area contributed by atoms with E-state index < -0.39 is 28.4 Å². The minimum Gasteiger partial charge on any atom is -0.503 e. The normalized spacial score (nSPS) is 16.9. The van der Waals surface area contributed by atoms with Crippen molar-refractivity contribution < 1.29 is 19.6 Å². The number of ketones is 1. The molecular weight excluding hydrogens is 336 g/mol. The number of aliphatic hydroxyl groups is 1. The number of nitrogens with zero attached hydrogens (tertiary/aromatic N) is 2. The van der Waals surface area contributed by atoms with Crippen LogP contribution in [0, 0.1) is 17.0 Å². The number of Topliss-reactive ketones (excluding diaryl/α,β-unsaturated/α-hetero) is 1. The number of hydrogen-bond donors (Lipinski definition) is 1. The maximum Gasteiger partial charge on any atom is 0.294 e. The van der Waals surface area contributed by atoms with Crippen molar-refractivity contribution in [2.75, 3.05) is 4.90 Å². The Balaban J connectivity index is 2.21. The number of amides is 1. The molecule has 1 N–H and O–H groups in total. The van der Waals surface area contributed by atoms with E-state index in [1.165, 1.54) is 30.0 Å². The summed E-state index contributed by atoms with van der Waals surface area (Å²) in [6.45, 7) is 3.11. The molecule has 0 saturated heterocycles. The highest BCUT2D eigenvalue weighted by atomic mass is 16.6. The number of aliphatic hydroxyl groups excluding tert-OH is 1. The van der Waals surface area contributed by atoms with E-state index in [1.54, 1.807) is 24.3 Å². The van der Waals surface area contributed by atoms with Crippen molar-refractivity contribution in [2.45, 2.75) is 19.9 Å². The van der Waals surface area contributed by atoms with E-state index in [1.807, 2.05) is 13.0 Å². The molecule has 0 saturated carbocycles. The van der Waals surface area contributed by atoms with Crippen LogP contribution in [-0.4, -0.2) is 21.7 Å². The average Bonchev–Trinajstić information content (AvgIpc) is 2.86. The van der Waals surface area contributed by atoms with Gasteiger partial charge in [-0.1, -0.05) is 24.3 Å². The topological polar surface area (TPSA) is 101 Å². The smallest absolute Gasteiger partial charge is 0.294 e. The summed E-state index contributed by atoms with van der Waals surface area (Å²) in [7, 11) is 0. The largest absolute Gasteiger partial charge is 0.503 e. The second kappa shape index (κ2) is 6.44. The lowest BCUT2D eigenvalue weighted by molar-refractivity contribution is -0.384. The highest BCUT2D eigenvalue weighted by molar-refractivity contribution is 6.16. The number of aryl methyl sites for hydroxylation is 1. The van der Waals surface area contributed by atoms with Crippen LogP contribution in [-0.2, 0) is 9.59 Å². The van der Waals surface area contributed by atoms with Gasteiger partial charge >= 0.3 is 0 Å². The van der Waals surface area contributed by atoms with Crippen molar-refractivity contribution >= 4 is 23.1 Å². The van der Waals surface area contributed by atoms with Crippen LogP contribution in [0.4, 0.5) is 11.4 Å². The van der Waals surface area contributed by atoms with E-state index in [0.29, 0.717) is 11.3 Å². The van der Waals surface area contributed by atoms with Crippen molar-refractivity contribution in [1.82, 2.24) is 0 Å². The minimum atomic E-state index is -0.929. The Morgan fingerprint density at radius 3 is 2.50 bits per heavy atom. The average molecular weight is 352 g/mol. The fraction of sp³-hybridized carbons (Fsp3) is 0.158. The Morgan fingerprint density at radius 1 is 1.19 bits per heavy atom. The molecule has 0 radical (unpaired) electrons. The van der Waals surface area contributed by atoms with E-state index in [-0.39, 0.29) is 11.3 Å². The van der Waals surface area contributed by atoms with Gasteiger partial charge in [0, 0.05) is 17.8 Å². The van der Waals surface area contributed by atoms with Gasteiger partial charge in [0.1, 0.15) is 0 Å². The van der Waals surface area contributed by atoms with E-state index in [2.05, 4.69) is 0 Å². The second-order valence-electron chi connectivity index (χ2n) is 6.09. The fourth-order valence-electron chi connectivity index (χ4n) is 3.13. The molecular formula is C19H16N2O5. The molecule has 1 heterocycles. The van der Waals surface area contributed by atoms with Gasteiger partial charge in [0.15, 0.2) is 11.5 Å². The van der Waals surface area contributed by atoms with Gasteiger partial charge in [-0.3, -0.25) is 24.6 Å². The van der Waals surface area contributed by atoms with Crippen LogP contribution in [0.15, 0.2) is 59.9 Å². The highest BCUT2D eigenvalue weighted by Crippen LogP contribution is 2.41. The first-order valence-electron chi connectivity index (χ1n) is 7.90. The Morgan fingerprint density at radius 2 is 1.88 bits per heavy atom. The van der Waals surface area contributed by atoms with E-state index in [9.17, 15) is 24.8 Å². The van der Waals surface area contributed by atoms with E-state index in [0.717, 1.165) is 5.56 Å². The molecule has 26 heavy (non-hydrogen) atoms. The summed E-state index contributed by atoms with van der Waals surface area (Å²) in [6.07, 6.45) is 0. The molecule has 0 spiro atoms. The summed E-state index contributed by atoms with van der Waals surface area (Å²) in [5.74, 6) is -1.81. The lowest BCUT2D eigenvalue weighted by Gasteiger charge is -2.26. The van der Waals surface area contributed by atoms with E-state index in [4.69, 9.17) is 0 Å². The zero-order chi connectivity index (χ0) is 19.0. The SMILES string of the molecule is CC(=O)C1=C(O)C(=O)N(c2cccc(C)c2)C1c1cccc([N+](=O)[O-])c1. The Kier molecular flexibility index (Phi) is 4.29. The first kappa shape index (κ1) is 17.3. The fourth-order valence-corrected chi connectivity index (χ4v) is 3.13. The van der Waals surface area contributed by atoms with Crippen molar-refractivity contribution in [2.24, 2.45) is 0 Å². The monoisotopic (exact) mass is 352 g/mol. The van der Waals surface area contributed by atoms with Gasteiger partial charge in [-0.05, 0) is 37.1 Å². The summed E-state index contributed by atoms with van der Waals surface area (Å²) >= 11 is 0. The summed E-state index contributed by atoms with van der Waals surface area (Å²) in [5, 5.41) is 21.4. The first-order chi connectivity index (χ1) is 12.3. The molecule has 0 fully saturated rings. The Bertz CT molecular complexity index is 964. The molecule has 132 valence electrons. The van der Waals surface area contributed by atoms with Gasteiger partial charge in [0.05, 0.1) is 16.5 Å². The third kappa shape index (κ3) is 2.83. The third-order valence-electron chi connectivity index (χ3n) is 4.26. The van der Waals surface area contributed by atoms with Crippen LogP contribution in [0.3, 0.4) is 0 Å². The van der Waals surface area contributed by atoms with Gasteiger partial charge in [0.2, 0.25) is 0 Å². The van der Waals surface area contributed by atoms with Crippen LogP contribution in [0.1, 0.15) is 24.1 Å². The molecule has 7 heteroatoms. The molecule has 1 atom stereocenters. The quantitative estimate of drug-likeness (QED) is 0.671. The van der Waals surface area contributed by atoms with Crippen LogP contribution in [0.5, 0.6) is 0 Å². The van der Waals surface area contributed by atoms with Crippen LogP contribution in [0.2, 0.25) is 0 Å². The number of nitro groups is 1. The molecule has 0 aliphatic carbocycles. The summed E-state index contributed by atoms with van der Waals surface area (Å²) in [6, 6.07) is 11.8. The maximum atomic E-state index is 12.7. The van der Waals surface area contributed by atoms with Crippen molar-refractivity contribution in [3.05, 3.63) is 81.1 Å². The Hall–Kier alpha value is -3.48. The number of hydrogen-bond acceptors (Lipinski definition) is 5. The lowest BCUT2D eigenvalue weighted by atomic mass is 9.96. The molecule has 7 nitrogen and oxygen atoms in total. The molecule has 1 amide bonds. The molecule has 1 unspecified atom stereocenters. The molecule has 2 aromatic carbocycles. The van der Waals surface area contributed by atoms with Gasteiger partial charge in [-0.2, -0.15) is 0 Å². The highest BCUT2D eigenvalue weighted by Gasteiger charge is 2.43. The standard InChI is InChI=1S/C19H16N2O5/c1-11-5-3-7-14(9-11)20-17(16(12(2)22)18(23)19(20)24)13-6-4-8-15(10-13)21(25)26/h3-10,17,23H,1-2H3. The van der Waals surface area contributed by atoms with Crippen LogP contribution >= 0.6 is 0 Å². The number of rotatable bonds is 4. The Labute approximate surface area is 149 Å². The number of non-ortho nitro benzene ring substituents is 1. The van der Waals surface area contributed by atoms with Gasteiger partial charge in [-0.25, -0.2) is 0 Å². The zero-order valence-electron chi connectivity index (χ0n) is 14.2. The molecule has 1 aliphatic heterocycles. The zero-order valence-corrected chi connectivity index (χ0v) is 14.2. The summed E-state index contributed by atoms with van der Waals surface area (Å²) in [5.41, 5.74) is 1.53. The molecule has 3 rings (SSSR count). The van der Waals surface area contributed by atoms with Gasteiger partial charge in [0.25, 0.3) is 11.6 Å². The van der Waals surface area contributed by atoms with Crippen LogP contribution in [0.25, 0.3) is 0 Å². The summed E-state index contributed by atoms with van der Waals surface area (Å²) in [4.78, 5) is 36.6. The number of nitro benzene ring substituents is 1. The third-order valence-corrected chi connectivity index (χ3v) is 4.26. The summed E-state index contributed by atoms with van der Waals surface area (Å²) < 4.78 is 0. The van der Waals surface area contributed by atoms with E-state index >= 15 is 0 Å². The molecule has 2 aromatic rings. The second-order valence-corrected chi connectivity index (χ2v) is 6.09. The maximum absolute atomic E-state index is 12.7. The van der Waals surface area contributed by atoms with Crippen molar-refractivity contribution in [1.29, 1.82) is 0 Å². The number of carbonyl (C=O) groups excluding carboxylic acids is 2. The lowest BCUT2D eigenvalue weighted by Crippen LogP contribution is -2.30. The first-order valence-corrected chi connectivity index (χ1v) is 7.90. The molecule has 0 bridgehead atoms. The van der Waals surface area contributed by atoms with Crippen LogP contribution < -0.4 is 4.90 Å². The molecule has 0 aromatic heterocycles.